The number of ether oxygens (including phenoxy) is 1. The lowest BCUT2D eigenvalue weighted by Gasteiger charge is -2.33. The predicted octanol–water partition coefficient (Wildman–Crippen LogP) is 1.69. The molecule has 1 aliphatic rings. The van der Waals surface area contributed by atoms with Crippen molar-refractivity contribution in [2.45, 2.75) is 13.0 Å². The molecule has 2 rings (SSSR count). The van der Waals surface area contributed by atoms with Gasteiger partial charge in [-0.3, -0.25) is 4.79 Å². The maximum Gasteiger partial charge on any atom is 0.254 e. The number of carbonyl (C=O) groups is 1. The summed E-state index contributed by atoms with van der Waals surface area (Å²) in [6.07, 6.45) is 0. The Balaban J connectivity index is 2.17. The molecule has 1 aromatic rings. The van der Waals surface area contributed by atoms with Gasteiger partial charge in [-0.25, -0.2) is 4.39 Å². The first kappa shape index (κ1) is 11.1. The summed E-state index contributed by atoms with van der Waals surface area (Å²) in [5.74, 6) is -0.512. The first-order valence-corrected chi connectivity index (χ1v) is 5.33. The molecule has 3 nitrogen and oxygen atoms in total. The zero-order valence-corrected chi connectivity index (χ0v) is 9.15. The van der Waals surface area contributed by atoms with Gasteiger partial charge < -0.3 is 9.64 Å². The lowest BCUT2D eigenvalue weighted by atomic mass is 10.1. The van der Waals surface area contributed by atoms with Gasteiger partial charge in [0, 0.05) is 12.1 Å². The summed E-state index contributed by atoms with van der Waals surface area (Å²) in [6, 6.07) is 5.83. The van der Waals surface area contributed by atoms with Crippen LogP contribution in [0, 0.1) is 5.82 Å². The molecule has 86 valence electrons. The van der Waals surface area contributed by atoms with Crippen molar-refractivity contribution in [2.24, 2.45) is 0 Å². The Kier molecular flexibility index (Phi) is 3.19. The molecule has 16 heavy (non-hydrogen) atoms. The third-order valence-corrected chi connectivity index (χ3v) is 2.70. The van der Waals surface area contributed by atoms with Gasteiger partial charge in [-0.15, -0.1) is 0 Å². The second-order valence-electron chi connectivity index (χ2n) is 3.93. The Morgan fingerprint density at radius 1 is 1.56 bits per heavy atom. The highest BCUT2D eigenvalue weighted by atomic mass is 19.1. The van der Waals surface area contributed by atoms with E-state index in [1.807, 2.05) is 6.92 Å². The molecule has 4 heteroatoms. The van der Waals surface area contributed by atoms with Crippen LogP contribution in [0.25, 0.3) is 0 Å². The smallest absolute Gasteiger partial charge is 0.254 e. The van der Waals surface area contributed by atoms with Crippen LogP contribution in [0.15, 0.2) is 24.3 Å². The zero-order chi connectivity index (χ0) is 11.5. The molecule has 1 saturated heterocycles. The van der Waals surface area contributed by atoms with Gasteiger partial charge >= 0.3 is 0 Å². The first-order valence-electron chi connectivity index (χ1n) is 5.33. The molecule has 0 bridgehead atoms. The highest BCUT2D eigenvalue weighted by molar-refractivity contribution is 5.94. The van der Waals surface area contributed by atoms with Crippen LogP contribution < -0.4 is 0 Å². The maximum atomic E-state index is 13.0. The van der Waals surface area contributed by atoms with Crippen molar-refractivity contribution in [3.05, 3.63) is 35.6 Å². The number of carbonyl (C=O) groups excluding carboxylic acids is 1. The number of hydrogen-bond acceptors (Lipinski definition) is 2. The van der Waals surface area contributed by atoms with Crippen molar-refractivity contribution in [3.8, 4) is 0 Å². The zero-order valence-electron chi connectivity index (χ0n) is 9.15. The molecule has 0 aromatic heterocycles. The summed E-state index contributed by atoms with van der Waals surface area (Å²) in [6.45, 7) is 3.58. The van der Waals surface area contributed by atoms with E-state index in [9.17, 15) is 9.18 Å². The van der Waals surface area contributed by atoms with E-state index >= 15 is 0 Å². The number of nitrogens with zero attached hydrogens (tertiary/aromatic N) is 1. The SMILES string of the molecule is C[C@H]1COCCN1C(=O)c1cccc(F)c1. The monoisotopic (exact) mass is 223 g/mol. The molecule has 0 spiro atoms. The van der Waals surface area contributed by atoms with E-state index in [1.54, 1.807) is 17.0 Å². The minimum Gasteiger partial charge on any atom is -0.377 e. The number of rotatable bonds is 1. The van der Waals surface area contributed by atoms with Gasteiger partial charge in [0.05, 0.1) is 19.3 Å². The standard InChI is InChI=1S/C12H14FNO2/c1-9-8-16-6-5-14(9)12(15)10-3-2-4-11(13)7-10/h2-4,7,9H,5-6,8H2,1H3/t9-/m0/s1. The van der Waals surface area contributed by atoms with E-state index in [1.165, 1.54) is 12.1 Å². The van der Waals surface area contributed by atoms with Crippen LogP contribution in [0.3, 0.4) is 0 Å². The van der Waals surface area contributed by atoms with Gasteiger partial charge in [-0.1, -0.05) is 6.07 Å². The molecule has 1 aromatic carbocycles. The van der Waals surface area contributed by atoms with Crippen molar-refractivity contribution in [1.29, 1.82) is 0 Å². The molecule has 1 amide bonds. The molecule has 0 aliphatic carbocycles. The lowest BCUT2D eigenvalue weighted by Crippen LogP contribution is -2.47. The van der Waals surface area contributed by atoms with Crippen molar-refractivity contribution in [1.82, 2.24) is 4.90 Å². The highest BCUT2D eigenvalue weighted by Gasteiger charge is 2.24. The third kappa shape index (κ3) is 2.22. The molecule has 0 unspecified atom stereocenters. The third-order valence-electron chi connectivity index (χ3n) is 2.70. The summed E-state index contributed by atoms with van der Waals surface area (Å²) in [4.78, 5) is 13.8. The molecular weight excluding hydrogens is 209 g/mol. The van der Waals surface area contributed by atoms with Gasteiger partial charge in [0.2, 0.25) is 0 Å². The fourth-order valence-corrected chi connectivity index (χ4v) is 1.82. The lowest BCUT2D eigenvalue weighted by molar-refractivity contribution is 0.00357. The van der Waals surface area contributed by atoms with Crippen LogP contribution in [0.5, 0.6) is 0 Å². The van der Waals surface area contributed by atoms with E-state index in [0.717, 1.165) is 0 Å². The molecule has 0 N–H and O–H groups in total. The second-order valence-corrected chi connectivity index (χ2v) is 3.93. The quantitative estimate of drug-likeness (QED) is 0.725. The largest absolute Gasteiger partial charge is 0.377 e. The Bertz CT molecular complexity index is 394. The van der Waals surface area contributed by atoms with Crippen LogP contribution in [-0.2, 0) is 4.74 Å². The predicted molar refractivity (Wildman–Crippen MR) is 57.7 cm³/mol. The van der Waals surface area contributed by atoms with Crippen LogP contribution in [0.4, 0.5) is 4.39 Å². The van der Waals surface area contributed by atoms with E-state index in [-0.39, 0.29) is 17.8 Å². The summed E-state index contributed by atoms with van der Waals surface area (Å²) < 4.78 is 18.3. The fourth-order valence-electron chi connectivity index (χ4n) is 1.82. The van der Waals surface area contributed by atoms with Crippen molar-refractivity contribution >= 4 is 5.91 Å². The average molecular weight is 223 g/mol. The molecular formula is C12H14FNO2. The minimum absolute atomic E-state index is 0.0458. The van der Waals surface area contributed by atoms with E-state index in [0.29, 0.717) is 25.3 Å². The number of halogens is 1. The number of morpholine rings is 1. The molecule has 1 heterocycles. The first-order chi connectivity index (χ1) is 7.68. The van der Waals surface area contributed by atoms with Crippen molar-refractivity contribution < 1.29 is 13.9 Å². The number of benzene rings is 1. The van der Waals surface area contributed by atoms with E-state index in [4.69, 9.17) is 4.74 Å². The number of hydrogen-bond donors (Lipinski definition) is 0. The van der Waals surface area contributed by atoms with Gasteiger partial charge in [-0.05, 0) is 25.1 Å². The van der Waals surface area contributed by atoms with Gasteiger partial charge in [-0.2, -0.15) is 0 Å². The van der Waals surface area contributed by atoms with Crippen molar-refractivity contribution in [3.63, 3.8) is 0 Å². The Labute approximate surface area is 93.8 Å². The topological polar surface area (TPSA) is 29.5 Å². The Morgan fingerprint density at radius 2 is 2.38 bits per heavy atom. The van der Waals surface area contributed by atoms with Crippen LogP contribution >= 0.6 is 0 Å². The molecule has 0 radical (unpaired) electrons. The molecule has 1 fully saturated rings. The van der Waals surface area contributed by atoms with E-state index in [2.05, 4.69) is 0 Å². The summed E-state index contributed by atoms with van der Waals surface area (Å²) >= 11 is 0. The van der Waals surface area contributed by atoms with Crippen LogP contribution in [0.2, 0.25) is 0 Å². The number of amides is 1. The van der Waals surface area contributed by atoms with Crippen molar-refractivity contribution in [2.75, 3.05) is 19.8 Å². The van der Waals surface area contributed by atoms with Gasteiger partial charge in [0.25, 0.3) is 5.91 Å². The summed E-state index contributed by atoms with van der Waals surface area (Å²) in [7, 11) is 0. The van der Waals surface area contributed by atoms with Crippen LogP contribution in [-0.4, -0.2) is 36.6 Å². The molecule has 1 aliphatic heterocycles. The maximum absolute atomic E-state index is 13.0. The fraction of sp³-hybridized carbons (Fsp3) is 0.417. The van der Waals surface area contributed by atoms with Gasteiger partial charge in [0.1, 0.15) is 5.82 Å². The minimum atomic E-state index is -0.383. The molecule has 1 atom stereocenters. The summed E-state index contributed by atoms with van der Waals surface area (Å²) in [5.41, 5.74) is 0.397. The van der Waals surface area contributed by atoms with E-state index < -0.39 is 0 Å². The molecule has 0 saturated carbocycles. The average Bonchev–Trinajstić information content (AvgIpc) is 2.29. The normalized spacial score (nSPS) is 20.9. The second kappa shape index (κ2) is 4.61. The van der Waals surface area contributed by atoms with Crippen LogP contribution in [0.1, 0.15) is 17.3 Å². The van der Waals surface area contributed by atoms with Gasteiger partial charge in [0.15, 0.2) is 0 Å². The summed E-state index contributed by atoms with van der Waals surface area (Å²) in [5, 5.41) is 0. The Morgan fingerprint density at radius 3 is 3.06 bits per heavy atom. The Hall–Kier alpha value is -1.42. The highest BCUT2D eigenvalue weighted by Crippen LogP contribution is 2.13.